The second-order valence-corrected chi connectivity index (χ2v) is 17.3. The van der Waals surface area contributed by atoms with Crippen molar-refractivity contribution in [3.8, 4) is 44.5 Å². The van der Waals surface area contributed by atoms with E-state index < -0.39 is 0 Å². The van der Waals surface area contributed by atoms with Gasteiger partial charge in [0.05, 0.1) is 0 Å². The summed E-state index contributed by atoms with van der Waals surface area (Å²) in [6.45, 7) is 0. The Morgan fingerprint density at radius 1 is 0.182 bits per heavy atom. The highest BCUT2D eigenvalue weighted by atomic mass is 16.3. The van der Waals surface area contributed by atoms with Crippen molar-refractivity contribution in [2.45, 2.75) is 0 Å². The minimum atomic E-state index is 0.849. The van der Waals surface area contributed by atoms with E-state index in [2.05, 4.69) is 182 Å². The van der Waals surface area contributed by atoms with Gasteiger partial charge in [-0.3, -0.25) is 0 Å². The normalized spacial score (nSPS) is 12.2. The minimum absolute atomic E-state index is 0.849. The molecule has 0 atom stereocenters. The Hall–Kier alpha value is -8.86. The van der Waals surface area contributed by atoms with Gasteiger partial charge in [0.25, 0.3) is 0 Å². The number of para-hydroxylation sites is 4. The summed E-state index contributed by atoms with van der Waals surface area (Å²) >= 11 is 0. The summed E-state index contributed by atoms with van der Waals surface area (Å²) in [5, 5.41) is 13.2. The van der Waals surface area contributed by atoms with Gasteiger partial charge in [0.1, 0.15) is 44.7 Å². The largest absolute Gasteiger partial charge is 0.456 e. The van der Waals surface area contributed by atoms with Gasteiger partial charge in [0.2, 0.25) is 0 Å². The third-order valence-corrected chi connectivity index (χ3v) is 13.9. The van der Waals surface area contributed by atoms with Crippen LogP contribution >= 0.6 is 0 Å². The zero-order valence-electron chi connectivity index (χ0n) is 35.3. The maximum absolute atomic E-state index is 7.05. The number of rotatable bonds is 4. The molecule has 0 unspecified atom stereocenters. The molecule has 11 aromatic carbocycles. The fraction of sp³-hybridized carbons (Fsp3) is 0. The SMILES string of the molecule is c1ccc2c(c1)oc1cccc(-c3ccc(-c4c5ccccc5c(-c5ccc(-c6cccc7oc8ccccc8c67)c6c5oc5ccccc56)c5ccccc45)c4oc5ccccc5c34)c12. The Balaban J connectivity index is 1.03. The third kappa shape index (κ3) is 4.82. The lowest BCUT2D eigenvalue weighted by Gasteiger charge is -2.19. The van der Waals surface area contributed by atoms with Gasteiger partial charge in [0.15, 0.2) is 0 Å². The molecule has 306 valence electrons. The molecule has 4 heterocycles. The summed E-state index contributed by atoms with van der Waals surface area (Å²) in [7, 11) is 0. The van der Waals surface area contributed by atoms with Crippen LogP contribution in [0.3, 0.4) is 0 Å². The first-order valence-corrected chi connectivity index (χ1v) is 22.4. The highest BCUT2D eigenvalue weighted by Crippen LogP contribution is 2.52. The molecule has 0 aliphatic rings. The van der Waals surface area contributed by atoms with E-state index in [1.54, 1.807) is 0 Å². The molecule has 0 fully saturated rings. The van der Waals surface area contributed by atoms with Gasteiger partial charge in [-0.25, -0.2) is 0 Å². The molecule has 0 saturated heterocycles. The summed E-state index contributed by atoms with van der Waals surface area (Å²) in [4.78, 5) is 0. The molecule has 4 nitrogen and oxygen atoms in total. The van der Waals surface area contributed by atoms with E-state index in [1.807, 2.05) is 24.3 Å². The van der Waals surface area contributed by atoms with E-state index in [-0.39, 0.29) is 0 Å². The van der Waals surface area contributed by atoms with Gasteiger partial charge in [0, 0.05) is 65.3 Å². The average molecular weight is 843 g/mol. The van der Waals surface area contributed by atoms with E-state index in [9.17, 15) is 0 Å². The number of fused-ring (bicyclic) bond motifs is 14. The Morgan fingerprint density at radius 2 is 0.455 bits per heavy atom. The first-order valence-electron chi connectivity index (χ1n) is 22.4. The van der Waals surface area contributed by atoms with Crippen LogP contribution in [0.4, 0.5) is 0 Å². The van der Waals surface area contributed by atoms with E-state index in [0.29, 0.717) is 0 Å². The summed E-state index contributed by atoms with van der Waals surface area (Å²) in [6, 6.07) is 72.9. The monoisotopic (exact) mass is 842 g/mol. The third-order valence-electron chi connectivity index (χ3n) is 13.9. The zero-order chi connectivity index (χ0) is 43.0. The van der Waals surface area contributed by atoms with Crippen molar-refractivity contribution in [2.75, 3.05) is 0 Å². The summed E-state index contributed by atoms with van der Waals surface area (Å²) < 4.78 is 26.9. The lowest BCUT2D eigenvalue weighted by atomic mass is 9.83. The molecule has 0 N–H and O–H groups in total. The van der Waals surface area contributed by atoms with Crippen LogP contribution in [0.15, 0.2) is 224 Å². The van der Waals surface area contributed by atoms with Gasteiger partial charge >= 0.3 is 0 Å². The van der Waals surface area contributed by atoms with Crippen LogP contribution in [0.1, 0.15) is 0 Å². The van der Waals surface area contributed by atoms with Crippen LogP contribution in [-0.4, -0.2) is 0 Å². The predicted molar refractivity (Wildman–Crippen MR) is 272 cm³/mol. The quantitative estimate of drug-likeness (QED) is 0.166. The molecule has 15 rings (SSSR count). The molecule has 0 radical (unpaired) electrons. The molecule has 15 aromatic rings. The second-order valence-electron chi connectivity index (χ2n) is 17.3. The topological polar surface area (TPSA) is 52.6 Å². The van der Waals surface area contributed by atoms with Gasteiger partial charge in [-0.2, -0.15) is 0 Å². The van der Waals surface area contributed by atoms with Crippen LogP contribution in [-0.2, 0) is 0 Å². The van der Waals surface area contributed by atoms with Crippen molar-refractivity contribution >= 4 is 109 Å². The number of hydrogen-bond donors (Lipinski definition) is 0. The summed E-state index contributed by atoms with van der Waals surface area (Å²) in [5.74, 6) is 0. The Labute approximate surface area is 376 Å². The molecule has 4 heteroatoms. The zero-order valence-corrected chi connectivity index (χ0v) is 35.3. The standard InChI is InChI=1S/C62H34O4/c1-2-16-36-35(15-1)55(47-33-31-41(59-45-21-7-11-27-51(45)65-61(47)59)39-23-13-29-53-57(39)43-19-5-9-25-49(43)63-53)37-17-3-4-18-38(37)56(36)48-34-32-42(60-46-22-8-12-28-52(46)66-62(48)60)40-24-14-30-54-58(40)44-20-6-10-26-50(44)64-54/h1-34H. The molecule has 0 bridgehead atoms. The molecular formula is C62H34O4. The van der Waals surface area contributed by atoms with Crippen LogP contribution in [0.25, 0.3) is 154 Å². The number of furan rings is 4. The first kappa shape index (κ1) is 35.6. The van der Waals surface area contributed by atoms with Crippen molar-refractivity contribution in [1.82, 2.24) is 0 Å². The van der Waals surface area contributed by atoms with Crippen molar-refractivity contribution in [3.63, 3.8) is 0 Å². The average Bonchev–Trinajstić information content (AvgIpc) is 4.16. The number of hydrogen-bond acceptors (Lipinski definition) is 4. The second kappa shape index (κ2) is 13.3. The van der Waals surface area contributed by atoms with E-state index in [1.165, 1.54) is 0 Å². The molecule has 66 heavy (non-hydrogen) atoms. The summed E-state index contributed by atoms with van der Waals surface area (Å²) in [5.41, 5.74) is 15.7. The van der Waals surface area contributed by atoms with Crippen molar-refractivity contribution < 1.29 is 17.7 Å². The highest BCUT2D eigenvalue weighted by molar-refractivity contribution is 6.29. The molecule has 0 aliphatic heterocycles. The Morgan fingerprint density at radius 3 is 0.833 bits per heavy atom. The van der Waals surface area contributed by atoms with Crippen molar-refractivity contribution in [3.05, 3.63) is 206 Å². The van der Waals surface area contributed by atoms with Gasteiger partial charge in [-0.15, -0.1) is 0 Å². The minimum Gasteiger partial charge on any atom is -0.456 e. The Kier molecular flexibility index (Phi) is 7.19. The maximum atomic E-state index is 7.05. The van der Waals surface area contributed by atoms with Gasteiger partial charge in [-0.1, -0.05) is 158 Å². The fourth-order valence-electron chi connectivity index (χ4n) is 11.2. The van der Waals surface area contributed by atoms with Gasteiger partial charge in [-0.05, 0) is 92.3 Å². The van der Waals surface area contributed by atoms with Crippen molar-refractivity contribution in [2.24, 2.45) is 0 Å². The summed E-state index contributed by atoms with van der Waals surface area (Å²) in [6.07, 6.45) is 0. The van der Waals surface area contributed by atoms with E-state index >= 15 is 0 Å². The number of benzene rings is 11. The van der Waals surface area contributed by atoms with E-state index in [0.717, 1.165) is 154 Å². The first-order chi connectivity index (χ1) is 32.8. The molecule has 0 saturated carbocycles. The lowest BCUT2D eigenvalue weighted by molar-refractivity contribution is 0.668. The lowest BCUT2D eigenvalue weighted by Crippen LogP contribution is -1.93. The van der Waals surface area contributed by atoms with Gasteiger partial charge < -0.3 is 17.7 Å². The molecule has 0 aliphatic carbocycles. The molecule has 0 spiro atoms. The Bertz CT molecular complexity index is 4190. The molecular weight excluding hydrogens is 809 g/mol. The van der Waals surface area contributed by atoms with Crippen LogP contribution in [0.2, 0.25) is 0 Å². The fourth-order valence-corrected chi connectivity index (χ4v) is 11.2. The van der Waals surface area contributed by atoms with Crippen molar-refractivity contribution in [1.29, 1.82) is 0 Å². The van der Waals surface area contributed by atoms with Crippen LogP contribution < -0.4 is 0 Å². The molecule has 0 amide bonds. The highest BCUT2D eigenvalue weighted by Gasteiger charge is 2.26. The smallest absolute Gasteiger partial charge is 0.143 e. The maximum Gasteiger partial charge on any atom is 0.143 e. The van der Waals surface area contributed by atoms with Crippen LogP contribution in [0.5, 0.6) is 0 Å². The van der Waals surface area contributed by atoms with Crippen LogP contribution in [0, 0.1) is 0 Å². The predicted octanol–water partition coefficient (Wildman–Crippen LogP) is 18.3. The molecule has 4 aromatic heterocycles. The van der Waals surface area contributed by atoms with E-state index in [4.69, 9.17) is 17.7 Å².